The Morgan fingerprint density at radius 3 is 2.23 bits per heavy atom. The lowest BCUT2D eigenvalue weighted by Gasteiger charge is -2.14. The van der Waals surface area contributed by atoms with Gasteiger partial charge in [-0.1, -0.05) is 42.5 Å². The minimum atomic E-state index is -0.0530. The number of para-hydroxylation sites is 1. The van der Waals surface area contributed by atoms with Crippen LogP contribution in [0.2, 0.25) is 0 Å². The fourth-order valence-corrected chi connectivity index (χ4v) is 2.76. The normalized spacial score (nSPS) is 11.7. The molecule has 0 saturated carbocycles. The molecule has 2 aromatic rings. The molecule has 114 valence electrons. The summed E-state index contributed by atoms with van der Waals surface area (Å²) in [5.41, 5.74) is 4.65. The van der Waals surface area contributed by atoms with E-state index in [1.54, 1.807) is 0 Å². The van der Waals surface area contributed by atoms with Gasteiger partial charge in [-0.15, -0.1) is 0 Å². The smallest absolute Gasteiger partial charge is 0.125 e. The molecule has 22 heavy (non-hydrogen) atoms. The SMILES string of the molecule is Cc1ccccc1C(C#N)CCCOc1c(C)cccc1C. The third-order valence-corrected chi connectivity index (χ3v) is 4.01. The summed E-state index contributed by atoms with van der Waals surface area (Å²) in [6.45, 7) is 6.84. The Morgan fingerprint density at radius 2 is 1.59 bits per heavy atom. The van der Waals surface area contributed by atoms with E-state index < -0.39 is 0 Å². The number of aryl methyl sites for hydroxylation is 3. The second-order valence-corrected chi connectivity index (χ2v) is 5.75. The van der Waals surface area contributed by atoms with Gasteiger partial charge in [0.25, 0.3) is 0 Å². The Balaban J connectivity index is 1.91. The Labute approximate surface area is 133 Å². The van der Waals surface area contributed by atoms with Crippen molar-refractivity contribution in [2.75, 3.05) is 6.61 Å². The maximum Gasteiger partial charge on any atom is 0.125 e. The molecule has 0 aromatic heterocycles. The van der Waals surface area contributed by atoms with Gasteiger partial charge in [0.2, 0.25) is 0 Å². The Kier molecular flexibility index (Phi) is 5.61. The zero-order valence-corrected chi connectivity index (χ0v) is 13.6. The van der Waals surface area contributed by atoms with E-state index in [9.17, 15) is 5.26 Å². The van der Waals surface area contributed by atoms with Crippen molar-refractivity contribution in [2.45, 2.75) is 39.5 Å². The molecule has 0 amide bonds. The van der Waals surface area contributed by atoms with E-state index in [1.165, 1.54) is 5.56 Å². The molecule has 0 aliphatic heterocycles. The standard InChI is InChI=1S/C20H23NO/c1-15-8-4-5-12-19(15)18(14-21)11-7-13-22-20-16(2)9-6-10-17(20)3/h4-6,8-10,12,18H,7,11,13H2,1-3H3. The Hall–Kier alpha value is -2.27. The van der Waals surface area contributed by atoms with Crippen LogP contribution in [0.3, 0.4) is 0 Å². The van der Waals surface area contributed by atoms with Gasteiger partial charge in [0, 0.05) is 0 Å². The van der Waals surface area contributed by atoms with Crippen molar-refractivity contribution < 1.29 is 4.74 Å². The van der Waals surface area contributed by atoms with Crippen LogP contribution in [0.5, 0.6) is 5.75 Å². The van der Waals surface area contributed by atoms with Crippen LogP contribution in [0.1, 0.15) is 41.0 Å². The number of rotatable bonds is 6. The maximum atomic E-state index is 9.42. The fourth-order valence-electron chi connectivity index (χ4n) is 2.76. The molecule has 2 nitrogen and oxygen atoms in total. The molecule has 2 aromatic carbocycles. The molecule has 0 fully saturated rings. The Morgan fingerprint density at radius 1 is 0.955 bits per heavy atom. The van der Waals surface area contributed by atoms with Crippen LogP contribution in [0.15, 0.2) is 42.5 Å². The monoisotopic (exact) mass is 293 g/mol. The molecule has 0 saturated heterocycles. The highest BCUT2D eigenvalue weighted by Gasteiger charge is 2.12. The number of nitrogens with zero attached hydrogens (tertiary/aromatic N) is 1. The third-order valence-electron chi connectivity index (χ3n) is 4.01. The molecule has 1 atom stereocenters. The molecule has 2 heteroatoms. The van der Waals surface area contributed by atoms with E-state index in [1.807, 2.05) is 18.2 Å². The van der Waals surface area contributed by atoms with E-state index in [2.05, 4.69) is 51.1 Å². The average Bonchev–Trinajstić information content (AvgIpc) is 2.51. The second kappa shape index (κ2) is 7.66. The molecule has 0 aliphatic carbocycles. The first-order chi connectivity index (χ1) is 10.6. The Bertz CT molecular complexity index is 649. The molecular formula is C20H23NO. The summed E-state index contributed by atoms with van der Waals surface area (Å²) in [6.07, 6.45) is 1.70. The largest absolute Gasteiger partial charge is 0.493 e. The minimum absolute atomic E-state index is 0.0530. The van der Waals surface area contributed by atoms with Gasteiger partial charge in [-0.2, -0.15) is 5.26 Å². The lowest BCUT2D eigenvalue weighted by molar-refractivity contribution is 0.301. The van der Waals surface area contributed by atoms with Crippen molar-refractivity contribution in [3.8, 4) is 11.8 Å². The molecule has 2 rings (SSSR count). The van der Waals surface area contributed by atoms with Crippen LogP contribution in [-0.2, 0) is 0 Å². The van der Waals surface area contributed by atoms with Crippen LogP contribution in [0.25, 0.3) is 0 Å². The first-order valence-corrected chi connectivity index (χ1v) is 7.77. The predicted octanol–water partition coefficient (Wildman–Crippen LogP) is 5.08. The lowest BCUT2D eigenvalue weighted by Crippen LogP contribution is -2.04. The number of ether oxygens (including phenoxy) is 1. The summed E-state index contributed by atoms with van der Waals surface area (Å²) in [5.74, 6) is 0.926. The summed E-state index contributed by atoms with van der Waals surface area (Å²) in [5, 5.41) is 9.42. The van der Waals surface area contributed by atoms with Crippen LogP contribution in [0, 0.1) is 32.1 Å². The number of hydrogen-bond acceptors (Lipinski definition) is 2. The molecule has 1 unspecified atom stereocenters. The first-order valence-electron chi connectivity index (χ1n) is 7.77. The highest BCUT2D eigenvalue weighted by Crippen LogP contribution is 2.25. The molecule has 0 N–H and O–H groups in total. The molecule has 0 spiro atoms. The molecule has 0 heterocycles. The van der Waals surface area contributed by atoms with Gasteiger partial charge in [0.15, 0.2) is 0 Å². The highest BCUT2D eigenvalue weighted by atomic mass is 16.5. The van der Waals surface area contributed by atoms with Crippen LogP contribution >= 0.6 is 0 Å². The van der Waals surface area contributed by atoms with E-state index in [-0.39, 0.29) is 5.92 Å². The van der Waals surface area contributed by atoms with E-state index in [0.717, 1.165) is 35.3 Å². The van der Waals surface area contributed by atoms with Gasteiger partial charge < -0.3 is 4.74 Å². The average molecular weight is 293 g/mol. The first kappa shape index (κ1) is 16.1. The molecule has 0 bridgehead atoms. The maximum absolute atomic E-state index is 9.42. The quantitative estimate of drug-likeness (QED) is 0.696. The zero-order valence-electron chi connectivity index (χ0n) is 13.6. The van der Waals surface area contributed by atoms with Gasteiger partial charge in [0.1, 0.15) is 5.75 Å². The van der Waals surface area contributed by atoms with Gasteiger partial charge in [-0.3, -0.25) is 0 Å². The van der Waals surface area contributed by atoms with Gasteiger partial charge in [0.05, 0.1) is 18.6 Å². The van der Waals surface area contributed by atoms with Crippen molar-refractivity contribution in [3.05, 3.63) is 64.7 Å². The van der Waals surface area contributed by atoms with Crippen molar-refractivity contribution >= 4 is 0 Å². The van der Waals surface area contributed by atoms with Gasteiger partial charge in [-0.05, 0) is 55.9 Å². The summed E-state index contributed by atoms with van der Waals surface area (Å²) in [6, 6.07) is 16.7. The molecule has 0 aliphatic rings. The molecular weight excluding hydrogens is 270 g/mol. The topological polar surface area (TPSA) is 33.0 Å². The summed E-state index contributed by atoms with van der Waals surface area (Å²) in [7, 11) is 0. The predicted molar refractivity (Wildman–Crippen MR) is 90.2 cm³/mol. The van der Waals surface area contributed by atoms with Crippen molar-refractivity contribution in [3.63, 3.8) is 0 Å². The third kappa shape index (κ3) is 3.89. The lowest BCUT2D eigenvalue weighted by atomic mass is 9.92. The summed E-state index contributed by atoms with van der Waals surface area (Å²) >= 11 is 0. The number of hydrogen-bond donors (Lipinski definition) is 0. The van der Waals surface area contributed by atoms with E-state index in [0.29, 0.717) is 6.61 Å². The van der Waals surface area contributed by atoms with Crippen LogP contribution in [0.4, 0.5) is 0 Å². The molecule has 0 radical (unpaired) electrons. The summed E-state index contributed by atoms with van der Waals surface area (Å²) in [4.78, 5) is 0. The summed E-state index contributed by atoms with van der Waals surface area (Å²) < 4.78 is 5.92. The van der Waals surface area contributed by atoms with Crippen molar-refractivity contribution in [1.29, 1.82) is 5.26 Å². The van der Waals surface area contributed by atoms with Gasteiger partial charge >= 0.3 is 0 Å². The van der Waals surface area contributed by atoms with E-state index in [4.69, 9.17) is 4.74 Å². The van der Waals surface area contributed by atoms with Crippen molar-refractivity contribution in [2.24, 2.45) is 0 Å². The van der Waals surface area contributed by atoms with Crippen LogP contribution < -0.4 is 4.74 Å². The number of benzene rings is 2. The second-order valence-electron chi connectivity index (χ2n) is 5.75. The van der Waals surface area contributed by atoms with Crippen molar-refractivity contribution in [1.82, 2.24) is 0 Å². The van der Waals surface area contributed by atoms with Crippen LogP contribution in [-0.4, -0.2) is 6.61 Å². The number of nitriles is 1. The van der Waals surface area contributed by atoms with Gasteiger partial charge in [-0.25, -0.2) is 0 Å². The fraction of sp³-hybridized carbons (Fsp3) is 0.350. The highest BCUT2D eigenvalue weighted by molar-refractivity contribution is 5.39. The zero-order chi connectivity index (χ0) is 15.9. The van der Waals surface area contributed by atoms with E-state index >= 15 is 0 Å². The minimum Gasteiger partial charge on any atom is -0.493 e.